The third-order valence-electron chi connectivity index (χ3n) is 1.93. The van der Waals surface area contributed by atoms with E-state index in [1.54, 1.807) is 0 Å². The first-order valence-corrected chi connectivity index (χ1v) is 5.73. The van der Waals surface area contributed by atoms with Gasteiger partial charge < -0.3 is 4.74 Å². The quantitative estimate of drug-likeness (QED) is 0.481. The summed E-state index contributed by atoms with van der Waals surface area (Å²) in [4.78, 5) is 11.3. The van der Waals surface area contributed by atoms with Crippen LogP contribution in [0, 0.1) is 0 Å². The second kappa shape index (κ2) is 7.66. The number of rotatable bonds is 7. The van der Waals surface area contributed by atoms with E-state index in [-0.39, 0.29) is 18.2 Å². The van der Waals surface area contributed by atoms with Gasteiger partial charge in [-0.2, -0.15) is 0 Å². The van der Waals surface area contributed by atoms with Gasteiger partial charge in [0.1, 0.15) is 5.60 Å². The number of unbranched alkanes of at least 4 members (excludes halogenated alkanes) is 4. The summed E-state index contributed by atoms with van der Waals surface area (Å²) in [7, 11) is 0. The maximum atomic E-state index is 11.7. The van der Waals surface area contributed by atoms with Crippen LogP contribution in [-0.4, -0.2) is 18.2 Å². The van der Waals surface area contributed by atoms with Crippen LogP contribution in [0.1, 0.15) is 59.3 Å². The molecule has 15 heavy (non-hydrogen) atoms. The first-order chi connectivity index (χ1) is 6.95. The molecule has 0 aliphatic rings. The molecule has 0 aromatic heterocycles. The molecule has 90 valence electrons. The average molecular weight is 218 g/mol. The van der Waals surface area contributed by atoms with Crippen LogP contribution in [0.5, 0.6) is 0 Å². The Kier molecular flexibility index (Phi) is 7.35. The average Bonchev–Trinajstić information content (AvgIpc) is 2.08. The van der Waals surface area contributed by atoms with E-state index in [1.165, 1.54) is 0 Å². The lowest BCUT2D eigenvalue weighted by molar-refractivity contribution is -0.154. The second-order valence-electron chi connectivity index (χ2n) is 4.79. The highest BCUT2D eigenvalue weighted by Crippen LogP contribution is 2.11. The largest absolute Gasteiger partial charge is 0.460 e. The molecule has 0 aliphatic heterocycles. The molecule has 0 saturated heterocycles. The van der Waals surface area contributed by atoms with Gasteiger partial charge in [0.15, 0.2) is 0 Å². The van der Waals surface area contributed by atoms with Crippen LogP contribution in [0.4, 0.5) is 4.39 Å². The molecule has 0 heterocycles. The Morgan fingerprint density at radius 2 is 1.60 bits per heavy atom. The Labute approximate surface area is 92.2 Å². The van der Waals surface area contributed by atoms with Crippen molar-refractivity contribution in [1.29, 1.82) is 0 Å². The number of hydrogen-bond donors (Lipinski definition) is 0. The molecule has 0 bridgehead atoms. The van der Waals surface area contributed by atoms with Crippen molar-refractivity contribution < 1.29 is 13.9 Å². The van der Waals surface area contributed by atoms with Gasteiger partial charge in [0.05, 0.1) is 6.67 Å². The van der Waals surface area contributed by atoms with Crippen molar-refractivity contribution in [3.63, 3.8) is 0 Å². The minimum Gasteiger partial charge on any atom is -0.460 e. The smallest absolute Gasteiger partial charge is 0.306 e. The highest BCUT2D eigenvalue weighted by molar-refractivity contribution is 5.69. The molecule has 0 aromatic rings. The molecule has 0 rings (SSSR count). The van der Waals surface area contributed by atoms with Crippen LogP contribution in [0.3, 0.4) is 0 Å². The Morgan fingerprint density at radius 3 is 2.13 bits per heavy atom. The minimum absolute atomic E-state index is 0.131. The summed E-state index contributed by atoms with van der Waals surface area (Å²) in [5.74, 6) is -0.131. The SMILES string of the molecule is CC(C)(C)OC(=O)CCCCCCCF. The Bertz CT molecular complexity index is 173. The molecule has 0 amide bonds. The summed E-state index contributed by atoms with van der Waals surface area (Å²) in [6.07, 6.45) is 4.89. The minimum atomic E-state index is -0.384. The van der Waals surface area contributed by atoms with Crippen LogP contribution >= 0.6 is 0 Å². The van der Waals surface area contributed by atoms with Crippen molar-refractivity contribution in [3.8, 4) is 0 Å². The maximum Gasteiger partial charge on any atom is 0.306 e. The summed E-state index contributed by atoms with van der Waals surface area (Å²) in [5.41, 5.74) is -0.384. The second-order valence-corrected chi connectivity index (χ2v) is 4.79. The third kappa shape index (κ3) is 11.3. The van der Waals surface area contributed by atoms with Crippen LogP contribution in [0.2, 0.25) is 0 Å². The number of carbonyl (C=O) groups excluding carboxylic acids is 1. The molecular weight excluding hydrogens is 195 g/mol. The van der Waals surface area contributed by atoms with Crippen molar-refractivity contribution in [1.82, 2.24) is 0 Å². The fourth-order valence-electron chi connectivity index (χ4n) is 1.29. The van der Waals surface area contributed by atoms with Gasteiger partial charge in [-0.1, -0.05) is 19.3 Å². The molecule has 0 atom stereocenters. The molecule has 0 aromatic carbocycles. The molecule has 0 aliphatic carbocycles. The molecule has 3 heteroatoms. The maximum absolute atomic E-state index is 11.7. The van der Waals surface area contributed by atoms with E-state index in [0.29, 0.717) is 12.8 Å². The molecule has 0 spiro atoms. The number of ether oxygens (including phenoxy) is 1. The molecule has 0 saturated carbocycles. The first kappa shape index (κ1) is 14.4. The van der Waals surface area contributed by atoms with Gasteiger partial charge >= 0.3 is 5.97 Å². The van der Waals surface area contributed by atoms with Gasteiger partial charge in [0, 0.05) is 6.42 Å². The molecule has 0 fully saturated rings. The Balaban J connectivity index is 3.32. The molecule has 0 unspecified atom stereocenters. The van der Waals surface area contributed by atoms with E-state index in [1.807, 2.05) is 20.8 Å². The van der Waals surface area contributed by atoms with Crippen molar-refractivity contribution in [2.24, 2.45) is 0 Å². The van der Waals surface area contributed by atoms with Crippen molar-refractivity contribution in [2.75, 3.05) is 6.67 Å². The lowest BCUT2D eigenvalue weighted by Gasteiger charge is -2.19. The first-order valence-electron chi connectivity index (χ1n) is 5.73. The van der Waals surface area contributed by atoms with Gasteiger partial charge in [0.25, 0.3) is 0 Å². The summed E-state index contributed by atoms with van der Waals surface area (Å²) < 4.78 is 16.9. The van der Waals surface area contributed by atoms with Gasteiger partial charge in [-0.3, -0.25) is 9.18 Å². The third-order valence-corrected chi connectivity index (χ3v) is 1.93. The highest BCUT2D eigenvalue weighted by atomic mass is 19.1. The van der Waals surface area contributed by atoms with Crippen molar-refractivity contribution >= 4 is 5.97 Å². The van der Waals surface area contributed by atoms with E-state index in [2.05, 4.69) is 0 Å². The predicted octanol–water partition coefficient (Wildman–Crippen LogP) is 3.64. The zero-order chi connectivity index (χ0) is 11.7. The van der Waals surface area contributed by atoms with Crippen LogP contribution in [0.15, 0.2) is 0 Å². The monoisotopic (exact) mass is 218 g/mol. The molecule has 2 nitrogen and oxygen atoms in total. The standard InChI is InChI=1S/C12H23FO2/c1-12(2,3)15-11(14)9-7-5-4-6-8-10-13/h4-10H2,1-3H3. The van der Waals surface area contributed by atoms with Gasteiger partial charge in [-0.15, -0.1) is 0 Å². The van der Waals surface area contributed by atoms with Crippen molar-refractivity contribution in [2.45, 2.75) is 64.9 Å². The number of esters is 1. The molecule has 0 radical (unpaired) electrons. The summed E-state index contributed by atoms with van der Waals surface area (Å²) >= 11 is 0. The van der Waals surface area contributed by atoms with Crippen molar-refractivity contribution in [3.05, 3.63) is 0 Å². The van der Waals surface area contributed by atoms with Crippen LogP contribution in [-0.2, 0) is 9.53 Å². The summed E-state index contributed by atoms with van der Waals surface area (Å²) in [5, 5.41) is 0. The fourth-order valence-corrected chi connectivity index (χ4v) is 1.29. The topological polar surface area (TPSA) is 26.3 Å². The zero-order valence-electron chi connectivity index (χ0n) is 10.1. The van der Waals surface area contributed by atoms with Gasteiger partial charge in [-0.05, 0) is 33.6 Å². The van der Waals surface area contributed by atoms with Crippen LogP contribution < -0.4 is 0 Å². The Hall–Kier alpha value is -0.600. The zero-order valence-corrected chi connectivity index (χ0v) is 10.1. The molecule has 0 N–H and O–H groups in total. The Morgan fingerprint density at radius 1 is 1.07 bits per heavy atom. The number of carbonyl (C=O) groups is 1. The fraction of sp³-hybridized carbons (Fsp3) is 0.917. The number of hydrogen-bond acceptors (Lipinski definition) is 2. The van der Waals surface area contributed by atoms with Gasteiger partial charge in [-0.25, -0.2) is 0 Å². The van der Waals surface area contributed by atoms with Crippen LogP contribution in [0.25, 0.3) is 0 Å². The predicted molar refractivity (Wildman–Crippen MR) is 59.5 cm³/mol. The van der Waals surface area contributed by atoms with Gasteiger partial charge in [0.2, 0.25) is 0 Å². The van der Waals surface area contributed by atoms with E-state index in [0.717, 1.165) is 25.7 Å². The van der Waals surface area contributed by atoms with E-state index in [9.17, 15) is 9.18 Å². The molecular formula is C12H23FO2. The lowest BCUT2D eigenvalue weighted by atomic mass is 10.1. The number of alkyl halides is 1. The van der Waals surface area contributed by atoms with E-state index < -0.39 is 0 Å². The summed E-state index contributed by atoms with van der Waals surface area (Å²) in [6.45, 7) is 5.37. The van der Waals surface area contributed by atoms with E-state index in [4.69, 9.17) is 4.74 Å². The number of halogens is 1. The summed E-state index contributed by atoms with van der Waals surface area (Å²) in [6, 6.07) is 0. The normalized spacial score (nSPS) is 11.5. The lowest BCUT2D eigenvalue weighted by Crippen LogP contribution is -2.23. The highest BCUT2D eigenvalue weighted by Gasteiger charge is 2.15. The van der Waals surface area contributed by atoms with E-state index >= 15 is 0 Å².